The molecule has 2 rings (SSSR count). The number of nitrogens with one attached hydrogen (secondary N) is 1. The third-order valence-electron chi connectivity index (χ3n) is 3.62. The van der Waals surface area contributed by atoms with Gasteiger partial charge in [-0.3, -0.25) is 0 Å². The van der Waals surface area contributed by atoms with Gasteiger partial charge >= 0.3 is 0 Å². The minimum absolute atomic E-state index is 0.148. The Labute approximate surface area is 126 Å². The lowest BCUT2D eigenvalue weighted by Crippen LogP contribution is -2.26. The van der Waals surface area contributed by atoms with E-state index in [1.807, 2.05) is 32.9 Å². The quantitative estimate of drug-likeness (QED) is 0.795. The van der Waals surface area contributed by atoms with Crippen molar-refractivity contribution in [3.8, 4) is 5.88 Å². The molecule has 0 aliphatic heterocycles. The summed E-state index contributed by atoms with van der Waals surface area (Å²) in [5.74, 6) is 1.74. The topological polar surface area (TPSA) is 80.4 Å². The number of aliphatic hydroxyl groups is 1. The van der Waals surface area contributed by atoms with Gasteiger partial charge in [-0.05, 0) is 58.1 Å². The van der Waals surface area contributed by atoms with Gasteiger partial charge in [-0.15, -0.1) is 0 Å². The Bertz CT molecular complexity index is 471. The Hall–Kier alpha value is -1.49. The summed E-state index contributed by atoms with van der Waals surface area (Å²) in [6, 6.07) is 3.68. The lowest BCUT2D eigenvalue weighted by Gasteiger charge is -2.26. The Morgan fingerprint density at radius 1 is 1.38 bits per heavy atom. The highest BCUT2D eigenvalue weighted by atomic mass is 16.5. The lowest BCUT2D eigenvalue weighted by molar-refractivity contribution is 0.104. The molecule has 0 aromatic carbocycles. The van der Waals surface area contributed by atoms with E-state index in [0.717, 1.165) is 38.0 Å². The standard InChI is InChI=1S/C16H27N3O2/c1-16(2,3)21-15-13(17)7-8-14(19-15)18-10-11-5-4-6-12(20)9-11/h7-8,11-12,20H,4-6,9-10,17H2,1-3H3,(H,18,19). The molecular weight excluding hydrogens is 266 g/mol. The van der Waals surface area contributed by atoms with E-state index in [4.69, 9.17) is 10.5 Å². The zero-order valence-electron chi connectivity index (χ0n) is 13.2. The molecule has 2 atom stereocenters. The number of hydrogen-bond acceptors (Lipinski definition) is 5. The van der Waals surface area contributed by atoms with Crippen LogP contribution in [0.15, 0.2) is 12.1 Å². The molecule has 21 heavy (non-hydrogen) atoms. The van der Waals surface area contributed by atoms with Gasteiger partial charge in [-0.1, -0.05) is 6.42 Å². The summed E-state index contributed by atoms with van der Waals surface area (Å²) < 4.78 is 5.77. The molecule has 0 spiro atoms. The monoisotopic (exact) mass is 293 g/mol. The number of rotatable bonds is 4. The molecule has 0 amide bonds. The van der Waals surface area contributed by atoms with Gasteiger partial charge in [-0.25, -0.2) is 0 Å². The van der Waals surface area contributed by atoms with Gasteiger partial charge in [0.1, 0.15) is 11.4 Å². The molecular formula is C16H27N3O2. The minimum atomic E-state index is -0.326. The Kier molecular flexibility index (Phi) is 4.93. The van der Waals surface area contributed by atoms with Crippen LogP contribution in [0, 0.1) is 5.92 Å². The molecule has 1 aromatic heterocycles. The first-order valence-electron chi connectivity index (χ1n) is 7.71. The van der Waals surface area contributed by atoms with Crippen LogP contribution in [-0.2, 0) is 0 Å². The van der Waals surface area contributed by atoms with Crippen molar-refractivity contribution >= 4 is 11.5 Å². The normalized spacial score (nSPS) is 22.9. The maximum Gasteiger partial charge on any atom is 0.239 e. The van der Waals surface area contributed by atoms with Crippen molar-refractivity contribution in [3.05, 3.63) is 12.1 Å². The van der Waals surface area contributed by atoms with Crippen molar-refractivity contribution in [1.29, 1.82) is 0 Å². The SMILES string of the molecule is CC(C)(C)Oc1nc(NCC2CCCC(O)C2)ccc1N. The average molecular weight is 293 g/mol. The Balaban J connectivity index is 1.95. The summed E-state index contributed by atoms with van der Waals surface area (Å²) >= 11 is 0. The number of nitrogens with two attached hydrogens (primary N) is 1. The molecule has 1 heterocycles. The summed E-state index contributed by atoms with van der Waals surface area (Å²) in [5, 5.41) is 13.0. The van der Waals surface area contributed by atoms with Gasteiger partial charge in [0, 0.05) is 6.54 Å². The molecule has 1 aromatic rings. The van der Waals surface area contributed by atoms with Crippen LogP contribution < -0.4 is 15.8 Å². The maximum absolute atomic E-state index is 9.70. The van der Waals surface area contributed by atoms with E-state index in [-0.39, 0.29) is 11.7 Å². The van der Waals surface area contributed by atoms with Crippen LogP contribution in [0.25, 0.3) is 0 Å². The van der Waals surface area contributed by atoms with Crippen LogP contribution in [0.2, 0.25) is 0 Å². The van der Waals surface area contributed by atoms with Gasteiger partial charge in [0.05, 0.1) is 11.8 Å². The Morgan fingerprint density at radius 2 is 2.14 bits per heavy atom. The number of hydrogen-bond donors (Lipinski definition) is 3. The first-order valence-corrected chi connectivity index (χ1v) is 7.71. The molecule has 0 saturated heterocycles. The molecule has 5 nitrogen and oxygen atoms in total. The summed E-state index contributed by atoms with van der Waals surface area (Å²) in [6.45, 7) is 6.73. The molecule has 1 saturated carbocycles. The second-order valence-corrected chi connectivity index (χ2v) is 6.87. The smallest absolute Gasteiger partial charge is 0.239 e. The predicted molar refractivity (Wildman–Crippen MR) is 85.5 cm³/mol. The highest BCUT2D eigenvalue weighted by molar-refractivity contribution is 5.53. The lowest BCUT2D eigenvalue weighted by atomic mass is 9.87. The average Bonchev–Trinajstić information content (AvgIpc) is 2.38. The van der Waals surface area contributed by atoms with E-state index in [0.29, 0.717) is 17.5 Å². The second-order valence-electron chi connectivity index (χ2n) is 6.87. The fourth-order valence-corrected chi connectivity index (χ4v) is 2.62. The number of aromatic nitrogens is 1. The molecule has 1 aliphatic carbocycles. The van der Waals surface area contributed by atoms with Crippen LogP contribution in [0.1, 0.15) is 46.5 Å². The number of nitrogens with zero attached hydrogens (tertiary/aromatic N) is 1. The zero-order chi connectivity index (χ0) is 15.5. The number of aliphatic hydroxyl groups excluding tert-OH is 1. The third-order valence-corrected chi connectivity index (χ3v) is 3.62. The van der Waals surface area contributed by atoms with Crippen LogP contribution >= 0.6 is 0 Å². The zero-order valence-corrected chi connectivity index (χ0v) is 13.2. The van der Waals surface area contributed by atoms with Crippen LogP contribution in [0.5, 0.6) is 5.88 Å². The number of pyridine rings is 1. The van der Waals surface area contributed by atoms with E-state index in [9.17, 15) is 5.11 Å². The Morgan fingerprint density at radius 3 is 2.81 bits per heavy atom. The summed E-state index contributed by atoms with van der Waals surface area (Å²) in [7, 11) is 0. The van der Waals surface area contributed by atoms with Gasteiger partial charge in [0.2, 0.25) is 5.88 Å². The van der Waals surface area contributed by atoms with Crippen LogP contribution in [-0.4, -0.2) is 28.3 Å². The molecule has 0 radical (unpaired) electrons. The van der Waals surface area contributed by atoms with Gasteiger partial charge < -0.3 is 20.9 Å². The fourth-order valence-electron chi connectivity index (χ4n) is 2.62. The van der Waals surface area contributed by atoms with Crippen LogP contribution in [0.3, 0.4) is 0 Å². The van der Waals surface area contributed by atoms with E-state index >= 15 is 0 Å². The summed E-state index contributed by atoms with van der Waals surface area (Å²) in [5.41, 5.74) is 6.12. The van der Waals surface area contributed by atoms with Crippen molar-refractivity contribution in [1.82, 2.24) is 4.98 Å². The van der Waals surface area contributed by atoms with Gasteiger partial charge in [0.15, 0.2) is 0 Å². The molecule has 4 N–H and O–H groups in total. The van der Waals surface area contributed by atoms with Crippen molar-refractivity contribution in [2.45, 2.75) is 58.2 Å². The molecule has 118 valence electrons. The minimum Gasteiger partial charge on any atom is -0.470 e. The maximum atomic E-state index is 9.70. The van der Waals surface area contributed by atoms with E-state index < -0.39 is 0 Å². The van der Waals surface area contributed by atoms with Crippen molar-refractivity contribution in [2.75, 3.05) is 17.6 Å². The molecule has 1 fully saturated rings. The summed E-state index contributed by atoms with van der Waals surface area (Å²) in [6.07, 6.45) is 3.91. The van der Waals surface area contributed by atoms with Crippen molar-refractivity contribution in [2.24, 2.45) is 5.92 Å². The second kappa shape index (κ2) is 6.52. The van der Waals surface area contributed by atoms with E-state index in [1.54, 1.807) is 0 Å². The molecule has 2 unspecified atom stereocenters. The summed E-state index contributed by atoms with van der Waals surface area (Å²) in [4.78, 5) is 4.44. The highest BCUT2D eigenvalue weighted by Crippen LogP contribution is 2.27. The first kappa shape index (κ1) is 15.9. The molecule has 5 heteroatoms. The van der Waals surface area contributed by atoms with Crippen molar-refractivity contribution in [3.63, 3.8) is 0 Å². The molecule has 0 bridgehead atoms. The number of nitrogen functional groups attached to an aromatic ring is 1. The van der Waals surface area contributed by atoms with E-state index in [2.05, 4.69) is 10.3 Å². The molecule has 1 aliphatic rings. The number of anilines is 2. The third kappa shape index (κ3) is 5.08. The van der Waals surface area contributed by atoms with Crippen LogP contribution in [0.4, 0.5) is 11.5 Å². The van der Waals surface area contributed by atoms with Crippen molar-refractivity contribution < 1.29 is 9.84 Å². The fraction of sp³-hybridized carbons (Fsp3) is 0.688. The first-order chi connectivity index (χ1) is 9.83. The van der Waals surface area contributed by atoms with E-state index in [1.165, 1.54) is 0 Å². The van der Waals surface area contributed by atoms with Gasteiger partial charge in [0.25, 0.3) is 0 Å². The highest BCUT2D eigenvalue weighted by Gasteiger charge is 2.20. The predicted octanol–water partition coefficient (Wildman–Crippen LogP) is 2.80. The van der Waals surface area contributed by atoms with Gasteiger partial charge in [-0.2, -0.15) is 4.98 Å². The largest absolute Gasteiger partial charge is 0.470 e. The number of ether oxygens (including phenoxy) is 1.